The zero-order chi connectivity index (χ0) is 29.1. The molecule has 0 bridgehead atoms. The fraction of sp³-hybridized carbons (Fsp3) is 0.0278. The van der Waals surface area contributed by atoms with Crippen LogP contribution in [0.25, 0.3) is 44.2 Å². The quantitative estimate of drug-likeness (QED) is 0.143. The van der Waals surface area contributed by atoms with Crippen LogP contribution in [0.2, 0.25) is 0 Å². The van der Waals surface area contributed by atoms with Gasteiger partial charge in [-0.2, -0.15) is 0 Å². The number of hydrogen-bond acceptors (Lipinski definition) is 5. The van der Waals surface area contributed by atoms with E-state index in [9.17, 15) is 17.8 Å². The van der Waals surface area contributed by atoms with Gasteiger partial charge in [0.2, 0.25) is 5.44 Å². The average Bonchev–Trinajstić information content (AvgIpc) is 3.03. The van der Waals surface area contributed by atoms with Crippen molar-refractivity contribution in [2.75, 3.05) is 0 Å². The summed E-state index contributed by atoms with van der Waals surface area (Å²) in [5, 5.41) is 1.59. The molecule has 0 saturated carbocycles. The van der Waals surface area contributed by atoms with Gasteiger partial charge in [-0.25, -0.2) is 13.2 Å². The predicted molar refractivity (Wildman–Crippen MR) is 165 cm³/mol. The topological polar surface area (TPSA) is 83.5 Å². The van der Waals surface area contributed by atoms with Gasteiger partial charge in [0.25, 0.3) is 0 Å². The van der Waals surface area contributed by atoms with Gasteiger partial charge < -0.3 is 9.29 Å². The van der Waals surface area contributed by atoms with E-state index in [1.165, 1.54) is 6.07 Å². The number of esters is 1. The van der Waals surface area contributed by atoms with Gasteiger partial charge in [-0.1, -0.05) is 127 Å². The lowest BCUT2D eigenvalue weighted by Crippen LogP contribution is -2.21. The summed E-state index contributed by atoms with van der Waals surface area (Å²) in [4.78, 5) is 14.1. The third-order valence-electron chi connectivity index (χ3n) is 7.14. The van der Waals surface area contributed by atoms with E-state index in [4.69, 9.17) is 4.74 Å². The third kappa shape index (κ3) is 5.59. The number of fused-ring (bicyclic) bond motifs is 1. The summed E-state index contributed by atoms with van der Waals surface area (Å²) in [6, 6.07) is 44.4. The fourth-order valence-electron chi connectivity index (χ4n) is 5.15. The standard InChI is InChI=1S/C36H26O5S/c37-35(41-36(42(38,39)40)30-21-20-26-14-10-11-19-29(26)22-30)34-32(27-15-6-2-7-16-27)23-31(25-12-4-1-5-13-25)24-33(34)28-17-8-3-9-18-28/h1-24,36H,(H,38,39,40)/p-1. The molecule has 1 atom stereocenters. The normalized spacial score (nSPS) is 12.1. The van der Waals surface area contributed by atoms with E-state index >= 15 is 0 Å². The van der Waals surface area contributed by atoms with Crippen LogP contribution in [0.15, 0.2) is 146 Å². The van der Waals surface area contributed by atoms with E-state index in [-0.39, 0.29) is 11.1 Å². The maximum atomic E-state index is 14.1. The highest BCUT2D eigenvalue weighted by Crippen LogP contribution is 2.39. The van der Waals surface area contributed by atoms with Gasteiger partial charge in [-0.15, -0.1) is 0 Å². The Bertz CT molecular complexity index is 1930. The first-order valence-electron chi connectivity index (χ1n) is 13.4. The molecule has 0 spiro atoms. The molecule has 6 rings (SSSR count). The van der Waals surface area contributed by atoms with E-state index in [2.05, 4.69) is 0 Å². The van der Waals surface area contributed by atoms with Crippen LogP contribution < -0.4 is 0 Å². The van der Waals surface area contributed by atoms with Gasteiger partial charge in [0.05, 0.1) is 5.56 Å². The van der Waals surface area contributed by atoms with Gasteiger partial charge in [0, 0.05) is 5.56 Å². The highest BCUT2D eigenvalue weighted by Gasteiger charge is 2.29. The first kappa shape index (κ1) is 27.1. The summed E-state index contributed by atoms with van der Waals surface area (Å²) in [7, 11) is -5.09. The molecule has 0 aliphatic rings. The van der Waals surface area contributed by atoms with Crippen molar-refractivity contribution in [2.24, 2.45) is 0 Å². The lowest BCUT2D eigenvalue weighted by atomic mass is 9.88. The molecule has 0 amide bonds. The molecule has 0 saturated heterocycles. The molecular formula is C36H25O5S-. The highest BCUT2D eigenvalue weighted by molar-refractivity contribution is 7.85. The van der Waals surface area contributed by atoms with Crippen LogP contribution in [0, 0.1) is 0 Å². The van der Waals surface area contributed by atoms with E-state index in [1.807, 2.05) is 121 Å². The Labute approximate surface area is 244 Å². The molecule has 42 heavy (non-hydrogen) atoms. The first-order chi connectivity index (χ1) is 20.4. The maximum absolute atomic E-state index is 14.1. The summed E-state index contributed by atoms with van der Waals surface area (Å²) < 4.78 is 43.3. The van der Waals surface area contributed by atoms with Crippen molar-refractivity contribution < 1.29 is 22.5 Å². The van der Waals surface area contributed by atoms with Crippen molar-refractivity contribution in [3.63, 3.8) is 0 Å². The van der Waals surface area contributed by atoms with Crippen molar-refractivity contribution in [3.8, 4) is 33.4 Å². The lowest BCUT2D eigenvalue weighted by molar-refractivity contribution is 0.0428. The molecule has 0 aromatic heterocycles. The minimum absolute atomic E-state index is 0.0838. The molecule has 0 aliphatic heterocycles. The van der Waals surface area contributed by atoms with Gasteiger partial charge in [-0.3, -0.25) is 0 Å². The van der Waals surface area contributed by atoms with E-state index < -0.39 is 21.5 Å². The highest BCUT2D eigenvalue weighted by atomic mass is 32.2. The number of rotatable bonds is 7. The van der Waals surface area contributed by atoms with Crippen LogP contribution in [-0.2, 0) is 14.9 Å². The van der Waals surface area contributed by atoms with Crippen LogP contribution in [0.3, 0.4) is 0 Å². The summed E-state index contributed by atoms with van der Waals surface area (Å²) in [5.41, 5.74) is 2.63. The largest absolute Gasteiger partial charge is 0.745 e. The third-order valence-corrected chi connectivity index (χ3v) is 8.03. The summed E-state index contributed by atoms with van der Waals surface area (Å²) in [6.07, 6.45) is 0. The molecule has 6 heteroatoms. The smallest absolute Gasteiger partial charge is 0.340 e. The molecule has 1 unspecified atom stereocenters. The second-order valence-corrected chi connectivity index (χ2v) is 11.3. The SMILES string of the molecule is O=C(OC(c1ccc2ccccc2c1)S(=O)(=O)[O-])c1c(-c2ccccc2)cc(-c2ccccc2)cc1-c1ccccc1. The van der Waals surface area contributed by atoms with Gasteiger partial charge >= 0.3 is 5.97 Å². The lowest BCUT2D eigenvalue weighted by Gasteiger charge is -2.24. The van der Waals surface area contributed by atoms with Crippen LogP contribution in [0.5, 0.6) is 0 Å². The van der Waals surface area contributed by atoms with Crippen molar-refractivity contribution >= 4 is 26.9 Å². The second-order valence-electron chi connectivity index (χ2n) is 9.88. The van der Waals surface area contributed by atoms with E-state index in [0.29, 0.717) is 11.1 Å². The Morgan fingerprint density at radius 3 is 1.55 bits per heavy atom. The zero-order valence-electron chi connectivity index (χ0n) is 22.4. The van der Waals surface area contributed by atoms with Crippen LogP contribution in [-0.4, -0.2) is 18.9 Å². The van der Waals surface area contributed by atoms with Crippen molar-refractivity contribution in [1.29, 1.82) is 0 Å². The van der Waals surface area contributed by atoms with Crippen LogP contribution in [0.1, 0.15) is 21.4 Å². The van der Waals surface area contributed by atoms with Crippen molar-refractivity contribution in [3.05, 3.63) is 157 Å². The Balaban J connectivity index is 1.55. The molecule has 6 aromatic carbocycles. The molecule has 0 radical (unpaired) electrons. The number of hydrogen-bond donors (Lipinski definition) is 0. The summed E-state index contributed by atoms with van der Waals surface area (Å²) in [5.74, 6) is -0.912. The number of benzene rings is 6. The van der Waals surface area contributed by atoms with E-state index in [1.54, 1.807) is 18.2 Å². The Kier molecular flexibility index (Phi) is 7.40. The van der Waals surface area contributed by atoms with Gasteiger partial charge in [0.1, 0.15) is 10.1 Å². The summed E-state index contributed by atoms with van der Waals surface area (Å²) in [6.45, 7) is 0. The summed E-state index contributed by atoms with van der Waals surface area (Å²) >= 11 is 0. The van der Waals surface area contributed by atoms with Crippen molar-refractivity contribution in [2.45, 2.75) is 5.44 Å². The number of ether oxygens (including phenoxy) is 1. The molecule has 0 fully saturated rings. The number of carbonyl (C=O) groups is 1. The maximum Gasteiger partial charge on any atom is 0.340 e. The predicted octanol–water partition coefficient (Wildman–Crippen LogP) is 8.24. The van der Waals surface area contributed by atoms with Gasteiger partial charge in [-0.05, 0) is 62.4 Å². The minimum atomic E-state index is -5.09. The molecule has 206 valence electrons. The second kappa shape index (κ2) is 11.4. The van der Waals surface area contributed by atoms with Crippen LogP contribution >= 0.6 is 0 Å². The Morgan fingerprint density at radius 1 is 0.548 bits per heavy atom. The first-order valence-corrected chi connectivity index (χ1v) is 14.8. The molecule has 0 N–H and O–H groups in total. The zero-order valence-corrected chi connectivity index (χ0v) is 23.2. The molecule has 0 aliphatic carbocycles. The fourth-order valence-corrected chi connectivity index (χ4v) is 5.84. The average molecular weight is 570 g/mol. The van der Waals surface area contributed by atoms with Gasteiger partial charge in [0.15, 0.2) is 0 Å². The molecular weight excluding hydrogens is 544 g/mol. The Hall–Kier alpha value is -5.04. The number of carbonyl (C=O) groups excluding carboxylic acids is 1. The molecule has 0 heterocycles. The Morgan fingerprint density at radius 2 is 1.02 bits per heavy atom. The van der Waals surface area contributed by atoms with E-state index in [0.717, 1.165) is 33.0 Å². The minimum Gasteiger partial charge on any atom is -0.745 e. The molecule has 6 aromatic rings. The van der Waals surface area contributed by atoms with Crippen molar-refractivity contribution in [1.82, 2.24) is 0 Å². The monoisotopic (exact) mass is 569 g/mol. The molecule has 5 nitrogen and oxygen atoms in total. The van der Waals surface area contributed by atoms with Crippen LogP contribution in [0.4, 0.5) is 0 Å².